The number of hydrogen-bond donors (Lipinski definition) is 2. The molecule has 3 atom stereocenters. The molecule has 0 aromatic carbocycles. The smallest absolute Gasteiger partial charge is 0.368 e. The van der Waals surface area contributed by atoms with Gasteiger partial charge in [0.05, 0.1) is 12.6 Å². The quantitative estimate of drug-likeness (QED) is 0.414. The summed E-state index contributed by atoms with van der Waals surface area (Å²) in [6.45, 7) is 1.61. The number of carbonyl (C=O) groups is 3. The summed E-state index contributed by atoms with van der Waals surface area (Å²) >= 11 is 0. The summed E-state index contributed by atoms with van der Waals surface area (Å²) in [5.74, 6) is -2.59. The largest absolute Gasteiger partial charge is 0.477 e. The number of urea groups is 1. The number of halogens is 1. The predicted molar refractivity (Wildman–Crippen MR) is 63.4 cm³/mol. The van der Waals surface area contributed by atoms with Crippen molar-refractivity contribution in [1.29, 1.82) is 0 Å². The van der Waals surface area contributed by atoms with Crippen molar-refractivity contribution in [2.75, 3.05) is 13.6 Å². The van der Waals surface area contributed by atoms with Gasteiger partial charge >= 0.3 is 18.4 Å². The Kier molecular flexibility index (Phi) is 3.83. The molecule has 2 heterocycles. The van der Waals surface area contributed by atoms with Gasteiger partial charge in [-0.15, -0.1) is 0 Å². The molecular weight excluding hydrogens is 289 g/mol. The van der Waals surface area contributed by atoms with E-state index in [1.54, 1.807) is 6.92 Å². The summed E-state index contributed by atoms with van der Waals surface area (Å²) in [5.41, 5.74) is 0.474. The second-order valence-corrected chi connectivity index (χ2v) is 4.76. The molecule has 0 aliphatic carbocycles. The van der Waals surface area contributed by atoms with Gasteiger partial charge in [-0.2, -0.15) is 5.06 Å². The molecule has 0 aromatic heterocycles. The molecule has 0 aromatic rings. The van der Waals surface area contributed by atoms with Gasteiger partial charge in [0, 0.05) is 7.05 Å². The zero-order valence-electron chi connectivity index (χ0n) is 11.3. The number of carboxylic acid groups (broad SMARTS) is 1. The molecule has 2 aliphatic rings. The van der Waals surface area contributed by atoms with Crippen LogP contribution in [0.5, 0.6) is 0 Å². The van der Waals surface area contributed by atoms with Crippen LogP contribution in [0.15, 0.2) is 11.6 Å². The van der Waals surface area contributed by atoms with Crippen molar-refractivity contribution >= 4 is 17.9 Å². The van der Waals surface area contributed by atoms with Gasteiger partial charge in [0.15, 0.2) is 0 Å². The van der Waals surface area contributed by atoms with Crippen molar-refractivity contribution in [3.63, 3.8) is 0 Å². The Balaban J connectivity index is 2.23. The van der Waals surface area contributed by atoms with Crippen LogP contribution >= 0.6 is 0 Å². The molecule has 1 saturated heterocycles. The molecule has 0 saturated carbocycles. The van der Waals surface area contributed by atoms with Crippen molar-refractivity contribution in [2.24, 2.45) is 0 Å². The molecular formula is C11H14FN3O6. The first kappa shape index (κ1) is 15.2. The van der Waals surface area contributed by atoms with Crippen molar-refractivity contribution < 1.29 is 33.9 Å². The number of fused-ring (bicyclic) bond motifs is 2. The van der Waals surface area contributed by atoms with E-state index in [2.05, 4.69) is 4.84 Å². The number of hydroxylamine groups is 4. The third kappa shape index (κ3) is 2.54. The highest BCUT2D eigenvalue weighted by atomic mass is 19.1. The highest BCUT2D eigenvalue weighted by Gasteiger charge is 2.49. The number of aliphatic carboxylic acids is 1. The Labute approximate surface area is 118 Å². The first-order chi connectivity index (χ1) is 9.73. The van der Waals surface area contributed by atoms with E-state index in [-0.39, 0.29) is 6.54 Å². The monoisotopic (exact) mass is 303 g/mol. The standard InChI is InChI=1S/C11H14FN3O6/c1-5-3-6-4-14(7(5)9(16)13(2)20)11(19)15(6)21-8(12)10(17)18/h3,6-8,20H,4H2,1-2H3,(H,17,18)/t6-,7+,8-/m1/s1. The number of hydrogen-bond acceptors (Lipinski definition) is 5. The summed E-state index contributed by atoms with van der Waals surface area (Å²) < 4.78 is 13.1. The average Bonchev–Trinajstić information content (AvgIpc) is 2.63. The maximum Gasteiger partial charge on any atom is 0.368 e. The van der Waals surface area contributed by atoms with Crippen LogP contribution in [-0.2, 0) is 14.4 Å². The average molecular weight is 303 g/mol. The second kappa shape index (κ2) is 5.30. The highest BCUT2D eigenvalue weighted by Crippen LogP contribution is 2.30. The molecule has 2 rings (SSSR count). The van der Waals surface area contributed by atoms with Crippen LogP contribution in [-0.4, -0.2) is 75.3 Å². The molecule has 9 nitrogen and oxygen atoms in total. The van der Waals surface area contributed by atoms with Gasteiger partial charge < -0.3 is 10.0 Å². The minimum Gasteiger partial charge on any atom is -0.477 e. The van der Waals surface area contributed by atoms with E-state index in [4.69, 9.17) is 5.11 Å². The predicted octanol–water partition coefficient (Wildman–Crippen LogP) is -0.419. The molecule has 3 amide bonds. The fourth-order valence-electron chi connectivity index (χ4n) is 2.37. The molecule has 21 heavy (non-hydrogen) atoms. The molecule has 2 N–H and O–H groups in total. The third-order valence-corrected chi connectivity index (χ3v) is 3.27. The molecule has 0 spiro atoms. The van der Waals surface area contributed by atoms with Crippen molar-refractivity contribution in [3.05, 3.63) is 11.6 Å². The Bertz CT molecular complexity index is 522. The number of carbonyl (C=O) groups excluding carboxylic acids is 2. The van der Waals surface area contributed by atoms with E-state index >= 15 is 0 Å². The summed E-state index contributed by atoms with van der Waals surface area (Å²) in [5, 5.41) is 18.6. The minimum atomic E-state index is -2.68. The lowest BCUT2D eigenvalue weighted by atomic mass is 10.00. The van der Waals surface area contributed by atoms with Gasteiger partial charge in [-0.05, 0) is 12.5 Å². The summed E-state index contributed by atoms with van der Waals surface area (Å²) in [4.78, 5) is 40.0. The van der Waals surface area contributed by atoms with Crippen LogP contribution in [0, 0.1) is 0 Å². The van der Waals surface area contributed by atoms with Crippen LogP contribution < -0.4 is 0 Å². The number of rotatable bonds is 4. The zero-order valence-corrected chi connectivity index (χ0v) is 11.3. The van der Waals surface area contributed by atoms with E-state index in [9.17, 15) is 24.0 Å². The van der Waals surface area contributed by atoms with Crippen LogP contribution in [0.3, 0.4) is 0 Å². The Morgan fingerprint density at radius 2 is 2.19 bits per heavy atom. The lowest BCUT2D eigenvalue weighted by Gasteiger charge is -2.30. The molecule has 116 valence electrons. The van der Waals surface area contributed by atoms with Gasteiger partial charge in [-0.1, -0.05) is 6.08 Å². The maximum absolute atomic E-state index is 13.1. The van der Waals surface area contributed by atoms with Crippen LogP contribution in [0.4, 0.5) is 9.18 Å². The van der Waals surface area contributed by atoms with E-state index in [1.807, 2.05) is 0 Å². The number of carboxylic acids is 1. The van der Waals surface area contributed by atoms with Gasteiger partial charge in [0.25, 0.3) is 5.91 Å². The van der Waals surface area contributed by atoms with Crippen LogP contribution in [0.2, 0.25) is 0 Å². The molecule has 2 bridgehead atoms. The first-order valence-corrected chi connectivity index (χ1v) is 6.02. The number of alkyl halides is 1. The number of nitrogens with zero attached hydrogens (tertiary/aromatic N) is 3. The topological polar surface area (TPSA) is 111 Å². The normalized spacial score (nSPS) is 25.7. The molecule has 10 heteroatoms. The number of likely N-dealkylation sites (N-methyl/N-ethyl adjacent to an activating group) is 1. The van der Waals surface area contributed by atoms with Crippen molar-refractivity contribution in [1.82, 2.24) is 15.0 Å². The van der Waals surface area contributed by atoms with Crippen LogP contribution in [0.1, 0.15) is 6.92 Å². The van der Waals surface area contributed by atoms with E-state index in [1.165, 1.54) is 6.08 Å². The van der Waals surface area contributed by atoms with Crippen LogP contribution in [0.25, 0.3) is 0 Å². The summed E-state index contributed by atoms with van der Waals surface area (Å²) in [7, 11) is 1.12. The Morgan fingerprint density at radius 3 is 2.71 bits per heavy atom. The van der Waals surface area contributed by atoms with Gasteiger partial charge in [-0.3, -0.25) is 10.0 Å². The lowest BCUT2D eigenvalue weighted by Crippen LogP contribution is -2.49. The summed E-state index contributed by atoms with van der Waals surface area (Å²) in [6, 6.07) is -2.56. The van der Waals surface area contributed by atoms with E-state index in [0.29, 0.717) is 15.7 Å². The fourth-order valence-corrected chi connectivity index (χ4v) is 2.37. The third-order valence-electron chi connectivity index (χ3n) is 3.27. The minimum absolute atomic E-state index is 0.0345. The van der Waals surface area contributed by atoms with Gasteiger partial charge in [-0.25, -0.2) is 23.9 Å². The zero-order chi connectivity index (χ0) is 15.9. The fraction of sp³-hybridized carbons (Fsp3) is 0.545. The maximum atomic E-state index is 13.1. The molecule has 1 fully saturated rings. The molecule has 2 aliphatic heterocycles. The summed E-state index contributed by atoms with van der Waals surface area (Å²) in [6.07, 6.45) is -1.18. The lowest BCUT2D eigenvalue weighted by molar-refractivity contribution is -0.219. The first-order valence-electron chi connectivity index (χ1n) is 6.02. The highest BCUT2D eigenvalue weighted by molar-refractivity contribution is 5.91. The Morgan fingerprint density at radius 1 is 1.57 bits per heavy atom. The van der Waals surface area contributed by atoms with E-state index in [0.717, 1.165) is 11.9 Å². The Hall–Kier alpha value is -2.20. The SMILES string of the molecule is CC1=C[C@@H]2CN(C(=O)N2O[C@@H](F)C(=O)O)[C@@H]1C(=O)N(C)O. The van der Waals surface area contributed by atoms with Crippen molar-refractivity contribution in [3.8, 4) is 0 Å². The van der Waals surface area contributed by atoms with Crippen molar-refractivity contribution in [2.45, 2.75) is 25.4 Å². The second-order valence-electron chi connectivity index (χ2n) is 4.76. The van der Waals surface area contributed by atoms with Gasteiger partial charge in [0.2, 0.25) is 0 Å². The number of amides is 3. The molecule has 0 unspecified atom stereocenters. The van der Waals surface area contributed by atoms with E-state index < -0.39 is 36.3 Å². The van der Waals surface area contributed by atoms with Gasteiger partial charge in [0.1, 0.15) is 6.04 Å². The molecule has 0 radical (unpaired) electrons.